The van der Waals surface area contributed by atoms with Gasteiger partial charge < -0.3 is 19.5 Å². The second-order valence-electron chi connectivity index (χ2n) is 6.69. The molecule has 0 saturated carbocycles. The lowest BCUT2D eigenvalue weighted by Gasteiger charge is -2.28. The summed E-state index contributed by atoms with van der Waals surface area (Å²) in [4.78, 5) is 12.6. The van der Waals surface area contributed by atoms with Crippen LogP contribution in [0.1, 0.15) is 52.1 Å². The zero-order valence-electron chi connectivity index (χ0n) is 15.8. The number of ether oxygens (including phenoxy) is 3. The Labute approximate surface area is 151 Å². The summed E-state index contributed by atoms with van der Waals surface area (Å²) in [6.07, 6.45) is 1.59. The lowest BCUT2D eigenvalue weighted by atomic mass is 9.93. The number of carbonyl (C=O) groups is 1. The number of amides is 1. The van der Waals surface area contributed by atoms with Crippen molar-refractivity contribution in [2.24, 2.45) is 11.8 Å². The van der Waals surface area contributed by atoms with Crippen LogP contribution in [0, 0.1) is 11.8 Å². The number of nitrogens with one attached hydrogen (secondary N) is 1. The summed E-state index contributed by atoms with van der Waals surface area (Å²) >= 11 is 0. The van der Waals surface area contributed by atoms with Crippen molar-refractivity contribution >= 4 is 5.91 Å². The van der Waals surface area contributed by atoms with Crippen molar-refractivity contribution in [2.45, 2.75) is 46.6 Å². The van der Waals surface area contributed by atoms with Gasteiger partial charge in [0.15, 0.2) is 11.5 Å². The zero-order chi connectivity index (χ0) is 18.2. The van der Waals surface area contributed by atoms with E-state index in [9.17, 15) is 4.79 Å². The van der Waals surface area contributed by atoms with Gasteiger partial charge in [0.2, 0.25) is 5.91 Å². The fourth-order valence-electron chi connectivity index (χ4n) is 3.13. The number of carbonyl (C=O) groups excluding carboxylic acids is 1. The van der Waals surface area contributed by atoms with Gasteiger partial charge in [0.25, 0.3) is 0 Å². The molecule has 1 aliphatic heterocycles. The average Bonchev–Trinajstić information content (AvgIpc) is 2.62. The SMILES string of the molecule is CCOc1ccc(C(NC(=O)C2CCOCC2)C(C)C)cc1OCC. The van der Waals surface area contributed by atoms with Crippen LogP contribution in [0.2, 0.25) is 0 Å². The van der Waals surface area contributed by atoms with Crippen LogP contribution in [-0.4, -0.2) is 32.3 Å². The molecule has 1 amide bonds. The molecule has 0 aliphatic carbocycles. The highest BCUT2D eigenvalue weighted by Crippen LogP contribution is 2.33. The van der Waals surface area contributed by atoms with E-state index in [1.54, 1.807) is 0 Å². The molecule has 0 aromatic heterocycles. The summed E-state index contributed by atoms with van der Waals surface area (Å²) in [6.45, 7) is 10.6. The second-order valence-corrected chi connectivity index (χ2v) is 6.69. The Morgan fingerprint density at radius 2 is 1.80 bits per heavy atom. The first-order valence-electron chi connectivity index (χ1n) is 9.34. The minimum absolute atomic E-state index is 0.0454. The molecule has 1 N–H and O–H groups in total. The van der Waals surface area contributed by atoms with E-state index < -0.39 is 0 Å². The largest absolute Gasteiger partial charge is 0.490 e. The van der Waals surface area contributed by atoms with Gasteiger partial charge in [-0.1, -0.05) is 19.9 Å². The minimum atomic E-state index is -0.0507. The van der Waals surface area contributed by atoms with Crippen molar-refractivity contribution in [3.63, 3.8) is 0 Å². The normalized spacial score (nSPS) is 16.5. The van der Waals surface area contributed by atoms with Gasteiger partial charge in [-0.3, -0.25) is 4.79 Å². The summed E-state index contributed by atoms with van der Waals surface area (Å²) < 4.78 is 16.7. The lowest BCUT2D eigenvalue weighted by molar-refractivity contribution is -0.129. The Morgan fingerprint density at radius 1 is 1.16 bits per heavy atom. The first-order valence-corrected chi connectivity index (χ1v) is 9.34. The first-order chi connectivity index (χ1) is 12.1. The van der Waals surface area contributed by atoms with Gasteiger partial charge in [-0.25, -0.2) is 0 Å². The fraction of sp³-hybridized carbons (Fsp3) is 0.650. The Morgan fingerprint density at radius 3 is 2.40 bits per heavy atom. The third-order valence-corrected chi connectivity index (χ3v) is 4.48. The van der Waals surface area contributed by atoms with Gasteiger partial charge in [0.05, 0.1) is 19.3 Å². The molecule has 1 aromatic carbocycles. The predicted octanol–water partition coefficient (Wildman–Crippen LogP) is 3.72. The number of hydrogen-bond donors (Lipinski definition) is 1. The van der Waals surface area contributed by atoms with Crippen LogP contribution in [0.4, 0.5) is 0 Å². The van der Waals surface area contributed by atoms with E-state index >= 15 is 0 Å². The molecule has 140 valence electrons. The lowest BCUT2D eigenvalue weighted by Crippen LogP contribution is -2.38. The van der Waals surface area contributed by atoms with E-state index in [1.807, 2.05) is 32.0 Å². The summed E-state index contributed by atoms with van der Waals surface area (Å²) in [7, 11) is 0. The molecule has 1 saturated heterocycles. The molecule has 25 heavy (non-hydrogen) atoms. The molecular weight excluding hydrogens is 318 g/mol. The standard InChI is InChI=1S/C20H31NO4/c1-5-24-17-8-7-16(13-18(17)25-6-2)19(14(3)4)21-20(22)15-9-11-23-12-10-15/h7-8,13-15,19H,5-6,9-12H2,1-4H3,(H,21,22). The Bertz CT molecular complexity index is 553. The number of rotatable bonds is 8. The number of hydrogen-bond acceptors (Lipinski definition) is 4. The Balaban J connectivity index is 2.18. The monoisotopic (exact) mass is 349 g/mol. The van der Waals surface area contributed by atoms with Gasteiger partial charge >= 0.3 is 0 Å². The van der Waals surface area contributed by atoms with Gasteiger partial charge in [-0.15, -0.1) is 0 Å². The van der Waals surface area contributed by atoms with Crippen LogP contribution < -0.4 is 14.8 Å². The highest BCUT2D eigenvalue weighted by Gasteiger charge is 2.26. The molecule has 1 aromatic rings. The summed E-state index contributed by atoms with van der Waals surface area (Å²) in [6, 6.07) is 5.89. The third-order valence-electron chi connectivity index (χ3n) is 4.48. The van der Waals surface area contributed by atoms with Crippen molar-refractivity contribution in [2.75, 3.05) is 26.4 Å². The first kappa shape index (κ1) is 19.6. The molecule has 1 fully saturated rings. The quantitative estimate of drug-likeness (QED) is 0.777. The zero-order valence-corrected chi connectivity index (χ0v) is 15.8. The highest BCUT2D eigenvalue weighted by molar-refractivity contribution is 5.79. The molecule has 1 atom stereocenters. The van der Waals surface area contributed by atoms with Crippen LogP contribution in [0.3, 0.4) is 0 Å². The third kappa shape index (κ3) is 5.36. The molecule has 2 rings (SSSR count). The fourth-order valence-corrected chi connectivity index (χ4v) is 3.13. The molecule has 0 bridgehead atoms. The molecular formula is C20H31NO4. The minimum Gasteiger partial charge on any atom is -0.490 e. The summed E-state index contributed by atoms with van der Waals surface area (Å²) in [5, 5.41) is 3.23. The van der Waals surface area contributed by atoms with Crippen LogP contribution in [0.25, 0.3) is 0 Å². The van der Waals surface area contributed by atoms with E-state index in [4.69, 9.17) is 14.2 Å². The number of benzene rings is 1. The van der Waals surface area contributed by atoms with Crippen LogP contribution in [0.5, 0.6) is 11.5 Å². The Hall–Kier alpha value is -1.75. The second kappa shape index (κ2) is 9.66. The van der Waals surface area contributed by atoms with E-state index in [1.165, 1.54) is 0 Å². The predicted molar refractivity (Wildman–Crippen MR) is 98.0 cm³/mol. The Kier molecular flexibility index (Phi) is 7.56. The maximum absolute atomic E-state index is 12.6. The van der Waals surface area contributed by atoms with E-state index in [0.29, 0.717) is 26.4 Å². The van der Waals surface area contributed by atoms with E-state index in [0.717, 1.165) is 29.9 Å². The van der Waals surface area contributed by atoms with Crippen molar-refractivity contribution in [3.8, 4) is 11.5 Å². The van der Waals surface area contributed by atoms with E-state index in [2.05, 4.69) is 19.2 Å². The van der Waals surface area contributed by atoms with Gasteiger partial charge in [-0.05, 0) is 50.3 Å². The molecule has 5 heteroatoms. The van der Waals surface area contributed by atoms with Crippen molar-refractivity contribution in [1.82, 2.24) is 5.32 Å². The topological polar surface area (TPSA) is 56.8 Å². The molecule has 5 nitrogen and oxygen atoms in total. The molecule has 0 spiro atoms. The van der Waals surface area contributed by atoms with Crippen molar-refractivity contribution in [1.29, 1.82) is 0 Å². The molecule has 1 heterocycles. The van der Waals surface area contributed by atoms with Gasteiger partial charge in [0.1, 0.15) is 0 Å². The van der Waals surface area contributed by atoms with Crippen molar-refractivity contribution in [3.05, 3.63) is 23.8 Å². The maximum Gasteiger partial charge on any atom is 0.223 e. The van der Waals surface area contributed by atoms with Gasteiger partial charge in [0, 0.05) is 19.1 Å². The summed E-state index contributed by atoms with van der Waals surface area (Å²) in [5.41, 5.74) is 1.04. The van der Waals surface area contributed by atoms with Gasteiger partial charge in [-0.2, -0.15) is 0 Å². The average molecular weight is 349 g/mol. The van der Waals surface area contributed by atoms with Crippen LogP contribution in [-0.2, 0) is 9.53 Å². The smallest absolute Gasteiger partial charge is 0.223 e. The van der Waals surface area contributed by atoms with E-state index in [-0.39, 0.29) is 23.8 Å². The van der Waals surface area contributed by atoms with Crippen molar-refractivity contribution < 1.29 is 19.0 Å². The molecule has 1 unspecified atom stereocenters. The van der Waals surface area contributed by atoms with Crippen LogP contribution in [0.15, 0.2) is 18.2 Å². The van der Waals surface area contributed by atoms with Crippen LogP contribution >= 0.6 is 0 Å². The molecule has 1 aliphatic rings. The maximum atomic E-state index is 12.6. The highest BCUT2D eigenvalue weighted by atomic mass is 16.5. The summed E-state index contributed by atoms with van der Waals surface area (Å²) in [5.74, 6) is 1.91. The molecule has 0 radical (unpaired) electrons.